The molecule has 0 saturated carbocycles. The summed E-state index contributed by atoms with van der Waals surface area (Å²) in [7, 11) is 1.76. The first-order valence-corrected chi connectivity index (χ1v) is 7.36. The molecule has 0 aliphatic heterocycles. The van der Waals surface area contributed by atoms with Gasteiger partial charge < -0.3 is 15.4 Å². The van der Waals surface area contributed by atoms with Crippen LogP contribution in [0.15, 0.2) is 54.6 Å². The van der Waals surface area contributed by atoms with E-state index in [9.17, 15) is 4.79 Å². The fourth-order valence-electron chi connectivity index (χ4n) is 2.02. The Labute approximate surface area is 131 Å². The number of carbonyl (C=O) groups excluding carboxylic acids is 1. The summed E-state index contributed by atoms with van der Waals surface area (Å²) in [5.41, 5.74) is 7.31. The van der Waals surface area contributed by atoms with Gasteiger partial charge in [-0.05, 0) is 30.7 Å². The predicted octanol–water partition coefficient (Wildman–Crippen LogP) is 2.68. The molecule has 2 aromatic carbocycles. The highest BCUT2D eigenvalue weighted by atomic mass is 16.5. The zero-order valence-corrected chi connectivity index (χ0v) is 13.0. The summed E-state index contributed by atoms with van der Waals surface area (Å²) < 4.78 is 5.75. The van der Waals surface area contributed by atoms with Crippen LogP contribution in [0.1, 0.15) is 22.8 Å². The molecule has 0 saturated heterocycles. The summed E-state index contributed by atoms with van der Waals surface area (Å²) in [6.45, 7) is 2.84. The van der Waals surface area contributed by atoms with E-state index in [2.05, 4.69) is 0 Å². The average molecular weight is 298 g/mol. The maximum Gasteiger partial charge on any atom is 0.254 e. The summed E-state index contributed by atoms with van der Waals surface area (Å²) >= 11 is 0. The van der Waals surface area contributed by atoms with E-state index in [0.29, 0.717) is 24.5 Å². The minimum atomic E-state index is -0.0527. The Balaban J connectivity index is 2.05. The number of rotatable bonds is 6. The topological polar surface area (TPSA) is 55.6 Å². The molecule has 0 heterocycles. The maximum atomic E-state index is 12.4. The van der Waals surface area contributed by atoms with Crippen molar-refractivity contribution in [3.63, 3.8) is 0 Å². The van der Waals surface area contributed by atoms with E-state index in [1.165, 1.54) is 0 Å². The number of likely N-dealkylation sites (N-methyl/N-ethyl adjacent to an activating group) is 1. The van der Waals surface area contributed by atoms with Crippen molar-refractivity contribution in [3.05, 3.63) is 65.7 Å². The van der Waals surface area contributed by atoms with Crippen molar-refractivity contribution in [2.24, 2.45) is 5.73 Å². The van der Waals surface area contributed by atoms with Gasteiger partial charge >= 0.3 is 0 Å². The first kappa shape index (κ1) is 16.0. The van der Waals surface area contributed by atoms with Gasteiger partial charge in [-0.15, -0.1) is 0 Å². The Morgan fingerprint density at radius 3 is 2.59 bits per heavy atom. The van der Waals surface area contributed by atoms with Gasteiger partial charge in [0.05, 0.1) is 0 Å². The van der Waals surface area contributed by atoms with Crippen LogP contribution in [-0.2, 0) is 6.61 Å². The van der Waals surface area contributed by atoms with Crippen molar-refractivity contribution in [1.29, 1.82) is 0 Å². The lowest BCUT2D eigenvalue weighted by Gasteiger charge is -2.23. The van der Waals surface area contributed by atoms with Crippen LogP contribution < -0.4 is 10.5 Å². The Morgan fingerprint density at radius 2 is 1.91 bits per heavy atom. The van der Waals surface area contributed by atoms with Gasteiger partial charge in [0.2, 0.25) is 0 Å². The van der Waals surface area contributed by atoms with E-state index < -0.39 is 0 Å². The number of nitrogens with two attached hydrogens (primary N) is 1. The van der Waals surface area contributed by atoms with E-state index in [4.69, 9.17) is 10.5 Å². The zero-order valence-electron chi connectivity index (χ0n) is 13.0. The lowest BCUT2D eigenvalue weighted by atomic mass is 10.1. The molecule has 0 spiro atoms. The molecule has 0 fully saturated rings. The SMILES string of the molecule is CC(CN)N(C)C(=O)c1cccc(OCc2ccccc2)c1. The molecular weight excluding hydrogens is 276 g/mol. The van der Waals surface area contributed by atoms with E-state index in [-0.39, 0.29) is 11.9 Å². The van der Waals surface area contributed by atoms with Crippen molar-refractivity contribution < 1.29 is 9.53 Å². The second-order valence-corrected chi connectivity index (χ2v) is 5.30. The van der Waals surface area contributed by atoms with Crippen molar-refractivity contribution >= 4 is 5.91 Å². The monoisotopic (exact) mass is 298 g/mol. The van der Waals surface area contributed by atoms with E-state index >= 15 is 0 Å². The van der Waals surface area contributed by atoms with Crippen LogP contribution >= 0.6 is 0 Å². The van der Waals surface area contributed by atoms with Crippen LogP contribution in [0.4, 0.5) is 0 Å². The van der Waals surface area contributed by atoms with Gasteiger partial charge in [0.25, 0.3) is 5.91 Å². The predicted molar refractivity (Wildman–Crippen MR) is 87.8 cm³/mol. The summed E-state index contributed by atoms with van der Waals surface area (Å²) in [5, 5.41) is 0. The van der Waals surface area contributed by atoms with Crippen molar-refractivity contribution in [3.8, 4) is 5.75 Å². The van der Waals surface area contributed by atoms with Crippen LogP contribution in [-0.4, -0.2) is 30.4 Å². The minimum absolute atomic E-state index is 0.00129. The molecule has 2 rings (SSSR count). The second kappa shape index (κ2) is 7.61. The Kier molecular flexibility index (Phi) is 5.55. The molecule has 0 bridgehead atoms. The normalized spacial score (nSPS) is 11.8. The highest BCUT2D eigenvalue weighted by Crippen LogP contribution is 2.17. The Morgan fingerprint density at radius 1 is 1.18 bits per heavy atom. The number of amides is 1. The van der Waals surface area contributed by atoms with Crippen molar-refractivity contribution in [1.82, 2.24) is 4.90 Å². The first-order chi connectivity index (χ1) is 10.6. The molecule has 2 aromatic rings. The highest BCUT2D eigenvalue weighted by Gasteiger charge is 2.16. The molecule has 1 amide bonds. The van der Waals surface area contributed by atoms with Gasteiger partial charge in [-0.3, -0.25) is 4.79 Å². The van der Waals surface area contributed by atoms with Crippen molar-refractivity contribution in [2.45, 2.75) is 19.6 Å². The maximum absolute atomic E-state index is 12.4. The number of benzene rings is 2. The lowest BCUT2D eigenvalue weighted by Crippen LogP contribution is -2.39. The molecular formula is C18H22N2O2. The van der Waals surface area contributed by atoms with Crippen LogP contribution in [0.5, 0.6) is 5.75 Å². The van der Waals surface area contributed by atoms with E-state index in [1.807, 2.05) is 49.4 Å². The van der Waals surface area contributed by atoms with Crippen LogP contribution in [0.2, 0.25) is 0 Å². The van der Waals surface area contributed by atoms with Gasteiger partial charge in [-0.2, -0.15) is 0 Å². The van der Waals surface area contributed by atoms with Gasteiger partial charge in [0.15, 0.2) is 0 Å². The van der Waals surface area contributed by atoms with Crippen LogP contribution in [0.25, 0.3) is 0 Å². The van der Waals surface area contributed by atoms with E-state index in [0.717, 1.165) is 5.56 Å². The minimum Gasteiger partial charge on any atom is -0.489 e. The molecule has 22 heavy (non-hydrogen) atoms. The Bertz CT molecular complexity index is 613. The molecule has 1 unspecified atom stereocenters. The number of carbonyl (C=O) groups is 1. The first-order valence-electron chi connectivity index (χ1n) is 7.36. The summed E-state index contributed by atoms with van der Waals surface area (Å²) in [5.74, 6) is 0.631. The number of ether oxygens (including phenoxy) is 1. The third-order valence-electron chi connectivity index (χ3n) is 3.65. The molecule has 0 aliphatic carbocycles. The molecule has 116 valence electrons. The summed E-state index contributed by atoms with van der Waals surface area (Å²) in [6, 6.07) is 17.2. The molecule has 1 atom stereocenters. The largest absolute Gasteiger partial charge is 0.489 e. The fraction of sp³-hybridized carbons (Fsp3) is 0.278. The van der Waals surface area contributed by atoms with E-state index in [1.54, 1.807) is 24.1 Å². The summed E-state index contributed by atoms with van der Waals surface area (Å²) in [4.78, 5) is 14.0. The Hall–Kier alpha value is -2.33. The lowest BCUT2D eigenvalue weighted by molar-refractivity contribution is 0.0748. The standard InChI is InChI=1S/C18H22N2O2/c1-14(12-19)20(2)18(21)16-9-6-10-17(11-16)22-13-15-7-4-3-5-8-15/h3-11,14H,12-13,19H2,1-2H3. The highest BCUT2D eigenvalue weighted by molar-refractivity contribution is 5.94. The van der Waals surface area contributed by atoms with Crippen LogP contribution in [0.3, 0.4) is 0 Å². The summed E-state index contributed by atoms with van der Waals surface area (Å²) in [6.07, 6.45) is 0. The number of nitrogens with zero attached hydrogens (tertiary/aromatic N) is 1. The fourth-order valence-corrected chi connectivity index (χ4v) is 2.02. The smallest absolute Gasteiger partial charge is 0.254 e. The number of hydrogen-bond acceptors (Lipinski definition) is 3. The molecule has 4 heteroatoms. The third-order valence-corrected chi connectivity index (χ3v) is 3.65. The molecule has 0 aromatic heterocycles. The second-order valence-electron chi connectivity index (χ2n) is 5.30. The van der Waals surface area contributed by atoms with Gasteiger partial charge in [0.1, 0.15) is 12.4 Å². The third kappa shape index (κ3) is 4.09. The van der Waals surface area contributed by atoms with Gasteiger partial charge in [-0.1, -0.05) is 36.4 Å². The van der Waals surface area contributed by atoms with Gasteiger partial charge in [0, 0.05) is 25.2 Å². The zero-order chi connectivity index (χ0) is 15.9. The van der Waals surface area contributed by atoms with Gasteiger partial charge in [-0.25, -0.2) is 0 Å². The molecule has 4 nitrogen and oxygen atoms in total. The number of hydrogen-bond donors (Lipinski definition) is 1. The molecule has 0 radical (unpaired) electrons. The van der Waals surface area contributed by atoms with Crippen molar-refractivity contribution in [2.75, 3.05) is 13.6 Å². The molecule has 0 aliphatic rings. The average Bonchev–Trinajstić information content (AvgIpc) is 2.59. The molecule has 2 N–H and O–H groups in total. The quantitative estimate of drug-likeness (QED) is 0.892. The van der Waals surface area contributed by atoms with Crippen LogP contribution in [0, 0.1) is 0 Å².